The molecule has 2 N–H and O–H groups in total. The van der Waals surface area contributed by atoms with Gasteiger partial charge < -0.3 is 10.5 Å². The van der Waals surface area contributed by atoms with Gasteiger partial charge >= 0.3 is 0 Å². The van der Waals surface area contributed by atoms with Crippen LogP contribution in [0.4, 0.5) is 10.2 Å². The summed E-state index contributed by atoms with van der Waals surface area (Å²) in [5.41, 5.74) is 11.8. The van der Waals surface area contributed by atoms with Crippen molar-refractivity contribution in [1.29, 1.82) is 5.26 Å². The lowest BCUT2D eigenvalue weighted by Crippen LogP contribution is -2.11. The van der Waals surface area contributed by atoms with Gasteiger partial charge in [-0.2, -0.15) is 15.5 Å². The second kappa shape index (κ2) is 7.74. The Balaban J connectivity index is 1.84. The van der Waals surface area contributed by atoms with Crippen molar-refractivity contribution in [3.63, 3.8) is 0 Å². The lowest BCUT2D eigenvalue weighted by atomic mass is 9.97. The van der Waals surface area contributed by atoms with Crippen molar-refractivity contribution in [2.75, 3.05) is 5.73 Å². The molecule has 0 aliphatic carbocycles. The molecule has 0 radical (unpaired) electrons. The Labute approximate surface area is 190 Å². The van der Waals surface area contributed by atoms with Crippen molar-refractivity contribution in [2.45, 2.75) is 32.9 Å². The number of fused-ring (bicyclic) bond motifs is 7. The van der Waals surface area contributed by atoms with E-state index in [0.29, 0.717) is 35.7 Å². The quantitative estimate of drug-likeness (QED) is 0.476. The molecule has 4 aromatic rings. The van der Waals surface area contributed by atoms with Gasteiger partial charge in [0.2, 0.25) is 0 Å². The van der Waals surface area contributed by atoms with Crippen LogP contribution in [0.1, 0.15) is 42.3 Å². The van der Waals surface area contributed by atoms with Crippen LogP contribution in [0.2, 0.25) is 0 Å². The van der Waals surface area contributed by atoms with Crippen LogP contribution in [0.25, 0.3) is 22.5 Å². The van der Waals surface area contributed by atoms with Gasteiger partial charge in [0.25, 0.3) is 0 Å². The molecule has 1 aromatic carbocycles. The fourth-order valence-electron chi connectivity index (χ4n) is 4.42. The monoisotopic (exact) mass is 443 g/mol. The van der Waals surface area contributed by atoms with Crippen molar-refractivity contribution in [3.8, 4) is 34.3 Å². The van der Waals surface area contributed by atoms with E-state index in [9.17, 15) is 9.65 Å². The summed E-state index contributed by atoms with van der Waals surface area (Å²) in [5, 5.41) is 19.0. The lowest BCUT2D eigenvalue weighted by Gasteiger charge is -2.21. The van der Waals surface area contributed by atoms with Gasteiger partial charge in [0.1, 0.15) is 18.0 Å². The van der Waals surface area contributed by atoms with Crippen LogP contribution in [0.3, 0.4) is 0 Å². The minimum absolute atomic E-state index is 0.226. The van der Waals surface area contributed by atoms with Crippen molar-refractivity contribution in [2.24, 2.45) is 7.05 Å². The van der Waals surface area contributed by atoms with Crippen molar-refractivity contribution in [3.05, 3.63) is 64.9 Å². The van der Waals surface area contributed by atoms with Crippen molar-refractivity contribution < 1.29 is 9.13 Å². The Hall–Kier alpha value is -4.19. The minimum Gasteiger partial charge on any atom is -0.482 e. The number of nitrogens with two attached hydrogens (primary N) is 1. The van der Waals surface area contributed by atoms with E-state index >= 15 is 0 Å². The zero-order valence-corrected chi connectivity index (χ0v) is 18.5. The molecule has 1 aliphatic rings. The summed E-state index contributed by atoms with van der Waals surface area (Å²) in [6, 6.07) is 8.59. The standard InChI is InChI=1S/C24H22FN7O/c1-4-17-20(9-26)29-32-12-15-11-31(3)30-22(15)18-6-5-16(25)8-19(18)13(2)33-21-7-14(23(17)32)10-28-24(21)27/h5-8,10-11,13H,4,12H2,1-3H3,(H2,27,28)/t13-/m1/s1. The van der Waals surface area contributed by atoms with Gasteiger partial charge in [-0.15, -0.1) is 0 Å². The number of pyridine rings is 1. The SMILES string of the molecule is CCc1c(C#N)nn2c1-c1cnc(N)c(c1)O[C@H](C)c1cc(F)ccc1-c1nn(C)cc1C2. The molecular weight excluding hydrogens is 421 g/mol. The summed E-state index contributed by atoms with van der Waals surface area (Å²) >= 11 is 0. The molecule has 9 heteroatoms. The zero-order valence-electron chi connectivity index (χ0n) is 18.5. The number of aryl methyl sites for hydroxylation is 1. The number of ether oxygens (including phenoxy) is 1. The molecule has 4 heterocycles. The van der Waals surface area contributed by atoms with E-state index in [1.54, 1.807) is 27.7 Å². The molecule has 5 rings (SSSR count). The number of hydrogen-bond acceptors (Lipinski definition) is 6. The van der Waals surface area contributed by atoms with Gasteiger partial charge in [-0.05, 0) is 37.6 Å². The van der Waals surface area contributed by atoms with Gasteiger partial charge in [0.05, 0.1) is 17.9 Å². The van der Waals surface area contributed by atoms with E-state index in [1.165, 1.54) is 12.1 Å². The Morgan fingerprint density at radius 1 is 1.30 bits per heavy atom. The summed E-state index contributed by atoms with van der Waals surface area (Å²) < 4.78 is 24.0. The molecule has 0 saturated carbocycles. The van der Waals surface area contributed by atoms with Crippen LogP contribution < -0.4 is 10.5 Å². The average Bonchev–Trinajstić information content (AvgIpc) is 3.34. The van der Waals surface area contributed by atoms with Crippen molar-refractivity contribution in [1.82, 2.24) is 24.5 Å². The maximum absolute atomic E-state index is 14.3. The van der Waals surface area contributed by atoms with Crippen molar-refractivity contribution >= 4 is 5.82 Å². The molecule has 2 bridgehead atoms. The van der Waals surface area contributed by atoms with E-state index in [1.807, 2.05) is 27.1 Å². The second-order valence-corrected chi connectivity index (χ2v) is 8.07. The minimum atomic E-state index is -0.519. The molecule has 33 heavy (non-hydrogen) atoms. The Bertz CT molecular complexity index is 1430. The molecule has 0 spiro atoms. The van der Waals surface area contributed by atoms with Gasteiger partial charge in [-0.25, -0.2) is 9.37 Å². The first-order chi connectivity index (χ1) is 15.9. The summed E-state index contributed by atoms with van der Waals surface area (Å²) in [6.07, 6.45) is 3.67. The number of anilines is 1. The van der Waals surface area contributed by atoms with E-state index in [0.717, 1.165) is 27.9 Å². The maximum Gasteiger partial charge on any atom is 0.166 e. The molecular formula is C24H22FN7O. The third-order valence-electron chi connectivity index (χ3n) is 5.90. The Morgan fingerprint density at radius 2 is 2.12 bits per heavy atom. The number of halogens is 1. The van der Waals surface area contributed by atoms with Crippen LogP contribution in [0.5, 0.6) is 5.75 Å². The highest BCUT2D eigenvalue weighted by Crippen LogP contribution is 2.38. The Kier molecular flexibility index (Phi) is 4.86. The number of nitrogen functional groups attached to an aromatic ring is 1. The topological polar surface area (TPSA) is 108 Å². The van der Waals surface area contributed by atoms with Crippen LogP contribution in [-0.2, 0) is 20.0 Å². The average molecular weight is 443 g/mol. The molecule has 0 fully saturated rings. The first-order valence-corrected chi connectivity index (χ1v) is 10.6. The normalized spacial score (nSPS) is 14.7. The van der Waals surface area contributed by atoms with Crippen LogP contribution >= 0.6 is 0 Å². The summed E-state index contributed by atoms with van der Waals surface area (Å²) in [6.45, 7) is 4.20. The molecule has 3 aromatic heterocycles. The van der Waals surface area contributed by atoms with Crippen LogP contribution in [0.15, 0.2) is 36.7 Å². The number of hydrogen-bond donors (Lipinski definition) is 1. The van der Waals surface area contributed by atoms with E-state index in [-0.39, 0.29) is 11.6 Å². The van der Waals surface area contributed by atoms with Gasteiger partial charge in [-0.3, -0.25) is 9.36 Å². The third-order valence-corrected chi connectivity index (χ3v) is 5.90. The first-order valence-electron chi connectivity index (χ1n) is 10.6. The number of rotatable bonds is 1. The summed E-state index contributed by atoms with van der Waals surface area (Å²) in [4.78, 5) is 4.33. The predicted molar refractivity (Wildman–Crippen MR) is 121 cm³/mol. The number of benzene rings is 1. The molecule has 8 nitrogen and oxygen atoms in total. The summed E-state index contributed by atoms with van der Waals surface area (Å²) in [5.74, 6) is 0.239. The van der Waals surface area contributed by atoms with Gasteiger partial charge in [0, 0.05) is 47.3 Å². The predicted octanol–water partition coefficient (Wildman–Crippen LogP) is 4.00. The molecule has 0 unspecified atom stereocenters. The van der Waals surface area contributed by atoms with Crippen LogP contribution in [-0.4, -0.2) is 24.5 Å². The van der Waals surface area contributed by atoms with Gasteiger partial charge in [0.15, 0.2) is 17.3 Å². The molecule has 1 atom stereocenters. The highest BCUT2D eigenvalue weighted by atomic mass is 19.1. The number of nitrogens with zero attached hydrogens (tertiary/aromatic N) is 6. The first kappa shape index (κ1) is 20.7. The second-order valence-electron chi connectivity index (χ2n) is 8.07. The maximum atomic E-state index is 14.3. The number of aromatic nitrogens is 5. The zero-order chi connectivity index (χ0) is 23.3. The highest BCUT2D eigenvalue weighted by molar-refractivity contribution is 5.71. The van der Waals surface area contributed by atoms with E-state index in [2.05, 4.69) is 21.3 Å². The smallest absolute Gasteiger partial charge is 0.166 e. The molecule has 0 saturated heterocycles. The molecule has 0 amide bonds. The molecule has 1 aliphatic heterocycles. The Morgan fingerprint density at radius 3 is 2.88 bits per heavy atom. The van der Waals surface area contributed by atoms with E-state index < -0.39 is 6.10 Å². The highest BCUT2D eigenvalue weighted by Gasteiger charge is 2.25. The fourth-order valence-corrected chi connectivity index (χ4v) is 4.42. The lowest BCUT2D eigenvalue weighted by molar-refractivity contribution is 0.227. The van der Waals surface area contributed by atoms with Crippen LogP contribution in [0, 0.1) is 17.1 Å². The van der Waals surface area contributed by atoms with E-state index in [4.69, 9.17) is 10.5 Å². The van der Waals surface area contributed by atoms with Gasteiger partial charge in [-0.1, -0.05) is 6.92 Å². The fraction of sp³-hybridized carbons (Fsp3) is 0.250. The third kappa shape index (κ3) is 3.40. The molecule has 166 valence electrons. The summed E-state index contributed by atoms with van der Waals surface area (Å²) in [7, 11) is 1.84. The number of nitriles is 1. The largest absolute Gasteiger partial charge is 0.482 e.